The molecule has 0 spiro atoms. The van der Waals surface area contributed by atoms with Gasteiger partial charge in [0, 0.05) is 25.5 Å². The second-order valence-electron chi connectivity index (χ2n) is 4.70. The van der Waals surface area contributed by atoms with Crippen LogP contribution in [-0.4, -0.2) is 30.2 Å². The number of benzene rings is 1. The topological polar surface area (TPSA) is 65.5 Å². The molecule has 0 atom stereocenters. The van der Waals surface area contributed by atoms with Gasteiger partial charge in [-0.05, 0) is 37.3 Å². The van der Waals surface area contributed by atoms with Crippen molar-refractivity contribution in [3.63, 3.8) is 0 Å². The van der Waals surface area contributed by atoms with Crippen molar-refractivity contribution in [1.29, 1.82) is 0 Å². The average molecular weight is 271 g/mol. The largest absolute Gasteiger partial charge is 0.478 e. The van der Waals surface area contributed by atoms with Gasteiger partial charge >= 0.3 is 5.97 Å². The fourth-order valence-corrected chi connectivity index (χ4v) is 1.87. The molecule has 0 amide bonds. The lowest BCUT2D eigenvalue weighted by molar-refractivity contribution is 0.0695. The zero-order chi connectivity index (χ0) is 14.7. The van der Waals surface area contributed by atoms with Crippen molar-refractivity contribution in [2.75, 3.05) is 24.3 Å². The molecule has 2 rings (SSSR count). The van der Waals surface area contributed by atoms with Gasteiger partial charge in [-0.3, -0.25) is 0 Å². The molecule has 5 heteroatoms. The number of hydrogen-bond donors (Lipinski definition) is 2. The number of nitrogens with zero attached hydrogens (tertiary/aromatic N) is 2. The number of rotatable bonds is 4. The summed E-state index contributed by atoms with van der Waals surface area (Å²) in [5.74, 6) is -0.334. The maximum atomic E-state index is 10.9. The van der Waals surface area contributed by atoms with Crippen molar-refractivity contribution < 1.29 is 9.90 Å². The molecule has 0 aliphatic heterocycles. The van der Waals surface area contributed by atoms with Crippen LogP contribution in [0.3, 0.4) is 0 Å². The molecule has 1 aromatic carbocycles. The highest BCUT2D eigenvalue weighted by molar-refractivity contribution is 5.89. The second-order valence-corrected chi connectivity index (χ2v) is 4.70. The number of aromatic carboxylic acids is 1. The van der Waals surface area contributed by atoms with Gasteiger partial charge in [-0.15, -0.1) is 0 Å². The fraction of sp³-hybridized carbons (Fsp3) is 0.200. The van der Waals surface area contributed by atoms with Crippen molar-refractivity contribution in [1.82, 2.24) is 4.98 Å². The molecule has 104 valence electrons. The van der Waals surface area contributed by atoms with E-state index in [0.29, 0.717) is 11.5 Å². The summed E-state index contributed by atoms with van der Waals surface area (Å²) in [6.07, 6.45) is 0. The number of aryl methyl sites for hydroxylation is 1. The maximum Gasteiger partial charge on any atom is 0.337 e. The summed E-state index contributed by atoms with van der Waals surface area (Å²) >= 11 is 0. The highest BCUT2D eigenvalue weighted by Gasteiger charge is 2.08. The molecule has 2 N–H and O–H groups in total. The number of pyridine rings is 1. The normalized spacial score (nSPS) is 10.2. The van der Waals surface area contributed by atoms with E-state index in [1.807, 2.05) is 43.3 Å². The third-order valence-corrected chi connectivity index (χ3v) is 2.95. The lowest BCUT2D eigenvalue weighted by atomic mass is 10.2. The highest BCUT2D eigenvalue weighted by Crippen LogP contribution is 2.21. The first-order chi connectivity index (χ1) is 9.47. The predicted molar refractivity (Wildman–Crippen MR) is 80.0 cm³/mol. The van der Waals surface area contributed by atoms with Crippen molar-refractivity contribution in [2.24, 2.45) is 0 Å². The third-order valence-electron chi connectivity index (χ3n) is 2.95. The van der Waals surface area contributed by atoms with Gasteiger partial charge in [0.15, 0.2) is 0 Å². The van der Waals surface area contributed by atoms with E-state index in [2.05, 4.69) is 10.3 Å². The van der Waals surface area contributed by atoms with E-state index in [4.69, 9.17) is 5.11 Å². The Morgan fingerprint density at radius 2 is 2.00 bits per heavy atom. The molecular formula is C15H17N3O2. The summed E-state index contributed by atoms with van der Waals surface area (Å²) < 4.78 is 0. The van der Waals surface area contributed by atoms with Crippen molar-refractivity contribution in [2.45, 2.75) is 6.92 Å². The van der Waals surface area contributed by atoms with Crippen molar-refractivity contribution in [3.8, 4) is 0 Å². The molecule has 0 saturated carbocycles. The molecule has 20 heavy (non-hydrogen) atoms. The maximum absolute atomic E-state index is 10.9. The van der Waals surface area contributed by atoms with Crippen LogP contribution >= 0.6 is 0 Å². The first-order valence-corrected chi connectivity index (χ1v) is 6.23. The van der Waals surface area contributed by atoms with Gasteiger partial charge in [-0.1, -0.05) is 6.07 Å². The summed E-state index contributed by atoms with van der Waals surface area (Å²) in [5.41, 5.74) is 2.70. The van der Waals surface area contributed by atoms with Crippen LogP contribution in [0, 0.1) is 6.92 Å². The van der Waals surface area contributed by atoms with Gasteiger partial charge in [0.1, 0.15) is 5.82 Å². The van der Waals surface area contributed by atoms with E-state index in [0.717, 1.165) is 11.4 Å². The fourth-order valence-electron chi connectivity index (χ4n) is 1.87. The van der Waals surface area contributed by atoms with Gasteiger partial charge in [0.25, 0.3) is 0 Å². The summed E-state index contributed by atoms with van der Waals surface area (Å²) in [5, 5.41) is 12.2. The smallest absolute Gasteiger partial charge is 0.337 e. The van der Waals surface area contributed by atoms with Crippen LogP contribution in [0.25, 0.3) is 0 Å². The van der Waals surface area contributed by atoms with E-state index in [1.54, 1.807) is 19.1 Å². The number of hydrogen-bond acceptors (Lipinski definition) is 4. The molecule has 1 heterocycles. The SMILES string of the molecule is Cc1nc(Nc2cccc(N(C)C)c2)ccc1C(=O)O. The minimum Gasteiger partial charge on any atom is -0.478 e. The lowest BCUT2D eigenvalue weighted by Crippen LogP contribution is -2.08. The molecular weight excluding hydrogens is 254 g/mol. The molecule has 1 aromatic heterocycles. The minimum absolute atomic E-state index is 0.220. The van der Waals surface area contributed by atoms with Crippen LogP contribution in [0.15, 0.2) is 36.4 Å². The van der Waals surface area contributed by atoms with Crippen LogP contribution in [0.5, 0.6) is 0 Å². The van der Waals surface area contributed by atoms with Crippen LogP contribution in [0.2, 0.25) is 0 Å². The summed E-state index contributed by atoms with van der Waals surface area (Å²) in [6.45, 7) is 1.69. The molecule has 0 radical (unpaired) electrons. The third kappa shape index (κ3) is 3.06. The Morgan fingerprint density at radius 1 is 1.25 bits per heavy atom. The van der Waals surface area contributed by atoms with E-state index in [1.165, 1.54) is 0 Å². The molecule has 0 bridgehead atoms. The van der Waals surface area contributed by atoms with E-state index in [-0.39, 0.29) is 5.56 Å². The molecule has 0 aliphatic rings. The second kappa shape index (κ2) is 5.61. The number of nitrogens with one attached hydrogen (secondary N) is 1. The zero-order valence-corrected chi connectivity index (χ0v) is 11.7. The minimum atomic E-state index is -0.962. The van der Waals surface area contributed by atoms with Gasteiger partial charge in [-0.25, -0.2) is 9.78 Å². The Kier molecular flexibility index (Phi) is 3.89. The molecule has 0 aliphatic carbocycles. The molecule has 0 unspecified atom stereocenters. The average Bonchev–Trinajstić information content (AvgIpc) is 2.38. The van der Waals surface area contributed by atoms with Crippen LogP contribution in [0.4, 0.5) is 17.2 Å². The first kappa shape index (κ1) is 13.9. The molecule has 0 fully saturated rings. The lowest BCUT2D eigenvalue weighted by Gasteiger charge is -2.14. The number of carbonyl (C=O) groups is 1. The predicted octanol–water partition coefficient (Wildman–Crippen LogP) is 2.90. The van der Waals surface area contributed by atoms with Gasteiger partial charge in [0.2, 0.25) is 0 Å². The zero-order valence-electron chi connectivity index (χ0n) is 11.7. The Morgan fingerprint density at radius 3 is 2.60 bits per heavy atom. The number of carboxylic acid groups (broad SMARTS) is 1. The Balaban J connectivity index is 2.24. The van der Waals surface area contributed by atoms with Gasteiger partial charge in [-0.2, -0.15) is 0 Å². The Labute approximate surface area is 117 Å². The number of aromatic nitrogens is 1. The van der Waals surface area contributed by atoms with Crippen molar-refractivity contribution in [3.05, 3.63) is 47.7 Å². The van der Waals surface area contributed by atoms with E-state index in [9.17, 15) is 4.79 Å². The monoisotopic (exact) mass is 271 g/mol. The molecule has 0 saturated heterocycles. The molecule has 5 nitrogen and oxygen atoms in total. The Hall–Kier alpha value is -2.56. The van der Waals surface area contributed by atoms with E-state index >= 15 is 0 Å². The number of anilines is 3. The van der Waals surface area contributed by atoms with E-state index < -0.39 is 5.97 Å². The Bertz CT molecular complexity index is 639. The number of carboxylic acids is 1. The summed E-state index contributed by atoms with van der Waals surface area (Å²) in [7, 11) is 3.95. The highest BCUT2D eigenvalue weighted by atomic mass is 16.4. The summed E-state index contributed by atoms with van der Waals surface area (Å²) in [6, 6.07) is 11.1. The van der Waals surface area contributed by atoms with Gasteiger partial charge < -0.3 is 15.3 Å². The standard InChI is InChI=1S/C15H17N3O2/c1-10-13(15(19)20)7-8-14(16-10)17-11-5-4-6-12(9-11)18(2)3/h4-9H,1-3H3,(H,16,17)(H,19,20). The quantitative estimate of drug-likeness (QED) is 0.895. The summed E-state index contributed by atoms with van der Waals surface area (Å²) in [4.78, 5) is 17.2. The van der Waals surface area contributed by atoms with Gasteiger partial charge in [0.05, 0.1) is 11.3 Å². The van der Waals surface area contributed by atoms with Crippen LogP contribution < -0.4 is 10.2 Å². The first-order valence-electron chi connectivity index (χ1n) is 6.23. The molecule has 2 aromatic rings. The van der Waals surface area contributed by atoms with Crippen LogP contribution in [0.1, 0.15) is 16.1 Å². The van der Waals surface area contributed by atoms with Crippen LogP contribution in [-0.2, 0) is 0 Å². The van der Waals surface area contributed by atoms with Crippen molar-refractivity contribution >= 4 is 23.2 Å².